The number of nitrogens with zero attached hydrogens (tertiary/aromatic N) is 4. The normalized spacial score (nSPS) is 17.5. The highest BCUT2D eigenvalue weighted by Crippen LogP contribution is 2.34. The topological polar surface area (TPSA) is 85.4 Å². The highest BCUT2D eigenvalue weighted by molar-refractivity contribution is 7.90. The van der Waals surface area contributed by atoms with Crippen LogP contribution in [-0.4, -0.2) is 104 Å². The van der Waals surface area contributed by atoms with Gasteiger partial charge in [-0.25, -0.2) is 17.2 Å². The summed E-state index contributed by atoms with van der Waals surface area (Å²) in [5.41, 5.74) is -0.869. The van der Waals surface area contributed by atoms with E-state index in [0.717, 1.165) is 24.5 Å². The number of benzene rings is 3. The lowest BCUT2D eigenvalue weighted by molar-refractivity contribution is -0.138. The number of hydrogen-bond acceptors (Lipinski definition) is 8. The number of piperazine rings is 2. The van der Waals surface area contributed by atoms with Gasteiger partial charge in [-0.15, -0.1) is 0 Å². The van der Waals surface area contributed by atoms with Crippen LogP contribution in [0.15, 0.2) is 59.5 Å². The van der Waals surface area contributed by atoms with Crippen LogP contribution in [0.5, 0.6) is 0 Å². The molecule has 1 N–H and O–H groups in total. The third kappa shape index (κ3) is 9.43. The number of halogens is 8. The van der Waals surface area contributed by atoms with Crippen LogP contribution >= 0.6 is 0 Å². The van der Waals surface area contributed by atoms with Crippen molar-refractivity contribution in [2.24, 2.45) is 0 Å². The second-order valence-electron chi connectivity index (χ2n) is 12.4. The van der Waals surface area contributed by atoms with Crippen molar-refractivity contribution in [2.75, 3.05) is 99.6 Å². The van der Waals surface area contributed by atoms with Crippen molar-refractivity contribution in [2.45, 2.75) is 17.2 Å². The molecular formula is C34H37F8N5O4S. The molecule has 0 aromatic heterocycles. The lowest BCUT2D eigenvalue weighted by atomic mass is 10.1. The fourth-order valence-electron chi connectivity index (χ4n) is 6.10. The Bertz CT molecular complexity index is 1840. The first kappa shape index (κ1) is 39.1. The molecule has 9 nitrogen and oxygen atoms in total. The molecule has 3 aliphatic rings. The largest absolute Gasteiger partial charge is 0.416 e. The van der Waals surface area contributed by atoms with Gasteiger partial charge in [0.1, 0.15) is 11.6 Å². The predicted molar refractivity (Wildman–Crippen MR) is 179 cm³/mol. The monoisotopic (exact) mass is 763 g/mol. The summed E-state index contributed by atoms with van der Waals surface area (Å²) in [6.45, 7) is 5.53. The van der Waals surface area contributed by atoms with Crippen LogP contribution in [0.25, 0.3) is 0 Å². The molecule has 3 fully saturated rings. The highest BCUT2D eigenvalue weighted by Gasteiger charge is 2.34. The van der Waals surface area contributed by atoms with E-state index < -0.39 is 45.0 Å². The molecule has 3 aromatic carbocycles. The van der Waals surface area contributed by atoms with Gasteiger partial charge in [0.2, 0.25) is 0 Å². The number of carbonyl (C=O) groups excluding carboxylic acids is 1. The molecule has 1 amide bonds. The molecule has 52 heavy (non-hydrogen) atoms. The Kier molecular flexibility index (Phi) is 11.9. The van der Waals surface area contributed by atoms with Crippen molar-refractivity contribution in [1.82, 2.24) is 10.2 Å². The summed E-state index contributed by atoms with van der Waals surface area (Å²) >= 11 is 0. The number of amides is 1. The number of hydrogen-bond donors (Lipinski definition) is 1. The van der Waals surface area contributed by atoms with E-state index in [0.29, 0.717) is 70.3 Å². The molecule has 3 heterocycles. The maximum absolute atomic E-state index is 14.4. The number of nitrogens with one attached hydrogen (secondary N) is 1. The number of ether oxygens (including phenoxy) is 1. The molecule has 0 spiro atoms. The van der Waals surface area contributed by atoms with E-state index in [1.54, 1.807) is 20.8 Å². The molecule has 6 rings (SSSR count). The Morgan fingerprint density at radius 3 is 1.58 bits per heavy atom. The van der Waals surface area contributed by atoms with Crippen LogP contribution in [0.3, 0.4) is 0 Å². The summed E-state index contributed by atoms with van der Waals surface area (Å²) in [5.74, 6) is -2.15. The third-order valence-corrected chi connectivity index (χ3v) is 10.0. The number of anilines is 3. The molecular weight excluding hydrogens is 726 g/mol. The molecule has 284 valence electrons. The lowest BCUT2D eigenvalue weighted by Crippen LogP contribution is -2.49. The molecule has 0 unspecified atom stereocenters. The van der Waals surface area contributed by atoms with Gasteiger partial charge in [0, 0.05) is 77.4 Å². The zero-order valence-electron chi connectivity index (χ0n) is 28.0. The number of alkyl halides is 6. The fourth-order valence-corrected chi connectivity index (χ4v) is 6.75. The molecule has 0 radical (unpaired) electrons. The Labute approximate surface area is 295 Å². The van der Waals surface area contributed by atoms with Crippen molar-refractivity contribution < 1.29 is 53.1 Å². The predicted octanol–water partition coefficient (Wildman–Crippen LogP) is 5.30. The Hall–Kier alpha value is -4.16. The molecule has 18 heteroatoms. The second-order valence-corrected chi connectivity index (χ2v) is 14.4. The Morgan fingerprint density at radius 1 is 0.654 bits per heavy atom. The van der Waals surface area contributed by atoms with Crippen molar-refractivity contribution in [3.63, 3.8) is 0 Å². The minimum Gasteiger partial charge on any atom is -0.378 e. The van der Waals surface area contributed by atoms with Crippen molar-refractivity contribution >= 4 is 32.8 Å². The molecule has 3 aromatic rings. The van der Waals surface area contributed by atoms with Crippen LogP contribution in [0, 0.1) is 11.6 Å². The minimum atomic E-state index is -4.64. The summed E-state index contributed by atoms with van der Waals surface area (Å²) in [5, 5.41) is 3.10. The number of rotatable bonds is 5. The van der Waals surface area contributed by atoms with Gasteiger partial charge in [-0.2, -0.15) is 26.3 Å². The van der Waals surface area contributed by atoms with Gasteiger partial charge in [-0.1, -0.05) is 0 Å². The summed E-state index contributed by atoms with van der Waals surface area (Å²) in [4.78, 5) is 20.3. The van der Waals surface area contributed by atoms with Gasteiger partial charge in [-0.05, 0) is 54.6 Å². The summed E-state index contributed by atoms with van der Waals surface area (Å²) in [6, 6.07) is 9.55. The second kappa shape index (κ2) is 15.8. The van der Waals surface area contributed by atoms with E-state index in [4.69, 9.17) is 4.74 Å². The SMILES string of the molecule is CS(=O)(=O)c1ccc(N2CCOCC2)c(C(=O)N2CCN(c3ccc(C(F)(F)F)cc3F)CC2)c1.Fc1cc(C(F)(F)F)ccc1N1CCNCC1. The molecule has 0 bridgehead atoms. The van der Waals surface area contributed by atoms with E-state index in [1.165, 1.54) is 18.2 Å². The van der Waals surface area contributed by atoms with Crippen LogP contribution in [-0.2, 0) is 26.9 Å². The van der Waals surface area contributed by atoms with Gasteiger partial charge in [-0.3, -0.25) is 4.79 Å². The van der Waals surface area contributed by atoms with Crippen molar-refractivity contribution in [3.8, 4) is 0 Å². The Morgan fingerprint density at radius 2 is 1.12 bits per heavy atom. The standard InChI is InChI=1S/C23H25F4N3O4S.C11H12F4N2/c1-35(32,33)17-3-5-20(29-10-12-34-13-11-29)18(15-17)22(31)30-8-6-28(7-9-30)21-4-2-16(14-19(21)24)23(25,26)27;12-9-7-8(11(13,14)15)1-2-10(9)17-5-3-16-4-6-17/h2-5,14-15H,6-13H2,1H3;1-2,7,16H,3-6H2. The fraction of sp³-hybridized carbons (Fsp3) is 0.441. The van der Waals surface area contributed by atoms with Crippen LogP contribution in [0.4, 0.5) is 52.2 Å². The summed E-state index contributed by atoms with van der Waals surface area (Å²) in [7, 11) is -3.54. The molecule has 0 aliphatic carbocycles. The van der Waals surface area contributed by atoms with E-state index in [2.05, 4.69) is 5.32 Å². The smallest absolute Gasteiger partial charge is 0.378 e. The van der Waals surface area contributed by atoms with Crippen LogP contribution in [0.2, 0.25) is 0 Å². The molecule has 0 atom stereocenters. The molecule has 3 aliphatic heterocycles. The van der Waals surface area contributed by atoms with E-state index in [-0.39, 0.29) is 53.9 Å². The summed E-state index contributed by atoms with van der Waals surface area (Å²) in [6.07, 6.45) is -8.06. The number of sulfone groups is 1. The van der Waals surface area contributed by atoms with Gasteiger partial charge >= 0.3 is 12.4 Å². The average molecular weight is 764 g/mol. The van der Waals surface area contributed by atoms with Gasteiger partial charge < -0.3 is 29.7 Å². The number of carbonyl (C=O) groups is 1. The van der Waals surface area contributed by atoms with Gasteiger partial charge in [0.05, 0.1) is 46.2 Å². The first-order chi connectivity index (χ1) is 24.4. The summed E-state index contributed by atoms with van der Waals surface area (Å²) < 4.78 is 133. The van der Waals surface area contributed by atoms with Crippen molar-refractivity contribution in [3.05, 3.63) is 82.9 Å². The zero-order chi connectivity index (χ0) is 37.8. The van der Waals surface area contributed by atoms with Crippen LogP contribution in [0.1, 0.15) is 21.5 Å². The van der Waals surface area contributed by atoms with Gasteiger partial charge in [0.15, 0.2) is 9.84 Å². The third-order valence-electron chi connectivity index (χ3n) is 8.89. The number of morpholine rings is 1. The zero-order valence-corrected chi connectivity index (χ0v) is 28.9. The first-order valence-corrected chi connectivity index (χ1v) is 18.2. The average Bonchev–Trinajstić information content (AvgIpc) is 3.11. The quantitative estimate of drug-likeness (QED) is 0.351. The maximum Gasteiger partial charge on any atom is 0.416 e. The molecule has 3 saturated heterocycles. The van der Waals surface area contributed by atoms with E-state index in [9.17, 15) is 48.3 Å². The minimum absolute atomic E-state index is 0.0309. The van der Waals surface area contributed by atoms with Crippen LogP contribution < -0.4 is 20.0 Å². The van der Waals surface area contributed by atoms with E-state index in [1.807, 2.05) is 4.90 Å². The lowest BCUT2D eigenvalue weighted by Gasteiger charge is -2.37. The van der Waals surface area contributed by atoms with E-state index >= 15 is 0 Å². The highest BCUT2D eigenvalue weighted by atomic mass is 32.2. The van der Waals surface area contributed by atoms with Crippen molar-refractivity contribution in [1.29, 1.82) is 0 Å². The first-order valence-electron chi connectivity index (χ1n) is 16.3. The molecule has 0 saturated carbocycles. The maximum atomic E-state index is 14.4. The van der Waals surface area contributed by atoms with Gasteiger partial charge in [0.25, 0.3) is 5.91 Å². The Balaban J connectivity index is 0.000000257.